The number of hydrogen-bond acceptors (Lipinski definition) is 3. The molecule has 4 nitrogen and oxygen atoms in total. The number of nitriles is 1. The van der Waals surface area contributed by atoms with E-state index in [1.54, 1.807) is 25.1 Å². The lowest BCUT2D eigenvalue weighted by Gasteiger charge is -2.05. The zero-order valence-electron chi connectivity index (χ0n) is 8.23. The largest absolute Gasteiger partial charge is 0.287 e. The third-order valence-electron chi connectivity index (χ3n) is 2.08. The molecule has 0 aromatic heterocycles. The molecular formula is C11H9N2O2. The molecular weight excluding hydrogens is 192 g/mol. The number of rotatable bonds is 3. The summed E-state index contributed by atoms with van der Waals surface area (Å²) in [5.74, 6) is 0.836. The second-order valence-corrected chi connectivity index (χ2v) is 2.99. The molecule has 1 aromatic carbocycles. The zero-order chi connectivity index (χ0) is 11.4. The minimum atomic E-state index is -0.557. The highest BCUT2D eigenvalue weighted by molar-refractivity contribution is 5.53. The minimum absolute atomic E-state index is 0.0700. The lowest BCUT2D eigenvalue weighted by atomic mass is 9.99. The Hall–Kier alpha value is -2.15. The molecule has 15 heavy (non-hydrogen) atoms. The van der Waals surface area contributed by atoms with Crippen molar-refractivity contribution < 1.29 is 4.92 Å². The van der Waals surface area contributed by atoms with Gasteiger partial charge in [0.1, 0.15) is 11.6 Å². The number of hydrogen-bond donors (Lipinski definition) is 0. The number of nitro groups is 1. The van der Waals surface area contributed by atoms with Crippen LogP contribution in [-0.4, -0.2) is 4.92 Å². The van der Waals surface area contributed by atoms with Crippen molar-refractivity contribution in [3.05, 3.63) is 58.0 Å². The fourth-order valence-electron chi connectivity index (χ4n) is 1.14. The molecule has 4 heteroatoms. The van der Waals surface area contributed by atoms with Gasteiger partial charge in [0.2, 0.25) is 0 Å². The van der Waals surface area contributed by atoms with Crippen LogP contribution in [0.25, 0.3) is 0 Å². The predicted molar refractivity (Wildman–Crippen MR) is 56.0 cm³/mol. The summed E-state index contributed by atoms with van der Waals surface area (Å²) < 4.78 is 0. The van der Waals surface area contributed by atoms with Gasteiger partial charge in [0.15, 0.2) is 0 Å². The van der Waals surface area contributed by atoms with Gasteiger partial charge in [0.25, 0.3) is 5.69 Å². The summed E-state index contributed by atoms with van der Waals surface area (Å²) in [7, 11) is 0. The normalized spacial score (nSPS) is 9.67. The summed E-state index contributed by atoms with van der Waals surface area (Å²) in [6.07, 6.45) is 1.62. The van der Waals surface area contributed by atoms with E-state index in [0.29, 0.717) is 5.56 Å². The van der Waals surface area contributed by atoms with Gasteiger partial charge in [-0.15, -0.1) is 6.58 Å². The maximum Gasteiger partial charge on any atom is 0.287 e. The maximum atomic E-state index is 10.7. The van der Waals surface area contributed by atoms with Crippen molar-refractivity contribution in [3.8, 4) is 6.07 Å². The van der Waals surface area contributed by atoms with Crippen molar-refractivity contribution in [2.24, 2.45) is 0 Å². The predicted octanol–water partition coefficient (Wildman–Crippen LogP) is 2.59. The summed E-state index contributed by atoms with van der Waals surface area (Å²) in [5, 5.41) is 19.3. The second-order valence-electron chi connectivity index (χ2n) is 2.99. The van der Waals surface area contributed by atoms with E-state index in [1.165, 1.54) is 12.1 Å². The van der Waals surface area contributed by atoms with Crippen LogP contribution in [-0.2, 0) is 0 Å². The van der Waals surface area contributed by atoms with E-state index in [-0.39, 0.29) is 11.3 Å². The van der Waals surface area contributed by atoms with Crippen LogP contribution < -0.4 is 0 Å². The third-order valence-corrected chi connectivity index (χ3v) is 2.08. The Morgan fingerprint density at radius 3 is 2.80 bits per heavy atom. The second kappa shape index (κ2) is 4.38. The Kier molecular flexibility index (Phi) is 3.19. The molecule has 0 aliphatic carbocycles. The van der Waals surface area contributed by atoms with E-state index in [9.17, 15) is 10.1 Å². The Morgan fingerprint density at radius 1 is 1.67 bits per heavy atom. The molecule has 0 saturated heterocycles. The first-order valence-corrected chi connectivity index (χ1v) is 4.25. The summed E-state index contributed by atoms with van der Waals surface area (Å²) in [5.41, 5.74) is 0.604. The zero-order valence-corrected chi connectivity index (χ0v) is 8.23. The van der Waals surface area contributed by atoms with Gasteiger partial charge in [-0.1, -0.05) is 19.1 Å². The first-order chi connectivity index (χ1) is 7.10. The van der Waals surface area contributed by atoms with Crippen LogP contribution in [0.5, 0.6) is 0 Å². The SMILES string of the molecule is C=C[C](C)c1ccc(C#N)c([N+](=O)[O-])c1. The van der Waals surface area contributed by atoms with Gasteiger partial charge in [0, 0.05) is 12.0 Å². The van der Waals surface area contributed by atoms with Crippen LogP contribution in [0.4, 0.5) is 5.69 Å². The quantitative estimate of drug-likeness (QED) is 0.557. The van der Waals surface area contributed by atoms with Gasteiger partial charge >= 0.3 is 0 Å². The van der Waals surface area contributed by atoms with Crippen LogP contribution in [0.1, 0.15) is 18.1 Å². The highest BCUT2D eigenvalue weighted by Crippen LogP contribution is 2.24. The summed E-state index contributed by atoms with van der Waals surface area (Å²) in [4.78, 5) is 10.1. The van der Waals surface area contributed by atoms with E-state index < -0.39 is 4.92 Å². The fourth-order valence-corrected chi connectivity index (χ4v) is 1.14. The number of allylic oxidation sites excluding steroid dienone is 1. The molecule has 0 aliphatic heterocycles. The molecule has 0 amide bonds. The smallest absolute Gasteiger partial charge is 0.258 e. The van der Waals surface area contributed by atoms with Crippen molar-refractivity contribution >= 4 is 5.69 Å². The van der Waals surface area contributed by atoms with Crippen molar-refractivity contribution in [1.29, 1.82) is 5.26 Å². The molecule has 0 fully saturated rings. The Labute approximate surface area is 87.6 Å². The summed E-state index contributed by atoms with van der Waals surface area (Å²) >= 11 is 0. The average molecular weight is 201 g/mol. The lowest BCUT2D eigenvalue weighted by molar-refractivity contribution is -0.385. The van der Waals surface area contributed by atoms with Crippen molar-refractivity contribution in [2.45, 2.75) is 6.92 Å². The molecule has 1 radical (unpaired) electrons. The van der Waals surface area contributed by atoms with Gasteiger partial charge in [-0.05, 0) is 11.6 Å². The van der Waals surface area contributed by atoms with E-state index in [2.05, 4.69) is 6.58 Å². The summed E-state index contributed by atoms with van der Waals surface area (Å²) in [6.45, 7) is 5.39. The van der Waals surface area contributed by atoms with Gasteiger partial charge in [0.05, 0.1) is 4.92 Å². The van der Waals surface area contributed by atoms with Gasteiger partial charge in [-0.3, -0.25) is 10.1 Å². The lowest BCUT2D eigenvalue weighted by Crippen LogP contribution is -1.96. The maximum absolute atomic E-state index is 10.7. The average Bonchev–Trinajstić information content (AvgIpc) is 2.27. The van der Waals surface area contributed by atoms with Crippen LogP contribution >= 0.6 is 0 Å². The van der Waals surface area contributed by atoms with Crippen LogP contribution in [0.3, 0.4) is 0 Å². The fraction of sp³-hybridized carbons (Fsp3) is 0.0909. The number of nitro benzene ring substituents is 1. The van der Waals surface area contributed by atoms with Crippen LogP contribution in [0.2, 0.25) is 0 Å². The molecule has 0 heterocycles. The molecule has 0 unspecified atom stereocenters. The molecule has 0 spiro atoms. The first kappa shape index (κ1) is 10.9. The Morgan fingerprint density at radius 2 is 2.33 bits per heavy atom. The first-order valence-electron chi connectivity index (χ1n) is 4.25. The van der Waals surface area contributed by atoms with Crippen molar-refractivity contribution in [2.75, 3.05) is 0 Å². The molecule has 0 saturated carbocycles. The molecule has 0 bridgehead atoms. The number of benzene rings is 1. The van der Waals surface area contributed by atoms with Crippen molar-refractivity contribution in [3.63, 3.8) is 0 Å². The van der Waals surface area contributed by atoms with Crippen LogP contribution in [0, 0.1) is 27.4 Å². The van der Waals surface area contributed by atoms with Crippen molar-refractivity contribution in [1.82, 2.24) is 0 Å². The Bertz CT molecular complexity index is 446. The summed E-state index contributed by atoms with van der Waals surface area (Å²) in [6, 6.07) is 6.28. The number of nitrogens with zero attached hydrogens (tertiary/aromatic N) is 2. The van der Waals surface area contributed by atoms with Gasteiger partial charge in [-0.25, -0.2) is 0 Å². The third kappa shape index (κ3) is 2.20. The monoisotopic (exact) mass is 201 g/mol. The highest BCUT2D eigenvalue weighted by Gasteiger charge is 2.15. The van der Waals surface area contributed by atoms with E-state index >= 15 is 0 Å². The van der Waals surface area contributed by atoms with E-state index in [0.717, 1.165) is 5.92 Å². The topological polar surface area (TPSA) is 66.9 Å². The molecule has 75 valence electrons. The molecule has 0 atom stereocenters. The van der Waals surface area contributed by atoms with Crippen LogP contribution in [0.15, 0.2) is 30.9 Å². The van der Waals surface area contributed by atoms with E-state index in [4.69, 9.17) is 5.26 Å². The molecule has 1 rings (SSSR count). The minimum Gasteiger partial charge on any atom is -0.258 e. The standard InChI is InChI=1S/C11H9N2O2/c1-3-8(2)9-4-5-10(7-12)11(6-9)13(14)15/h3-6H,1H2,2H3. The Balaban J connectivity index is 3.29. The molecule has 1 aromatic rings. The molecule has 0 N–H and O–H groups in total. The molecule has 0 aliphatic rings. The highest BCUT2D eigenvalue weighted by atomic mass is 16.6. The van der Waals surface area contributed by atoms with E-state index in [1.807, 2.05) is 0 Å². The van der Waals surface area contributed by atoms with Gasteiger partial charge in [-0.2, -0.15) is 5.26 Å². The van der Waals surface area contributed by atoms with Gasteiger partial charge < -0.3 is 0 Å².